The lowest BCUT2D eigenvalue weighted by molar-refractivity contribution is -0.137. The number of allylic oxidation sites excluding steroid dienone is 1. The Hall–Kier alpha value is -4.67. The van der Waals surface area contributed by atoms with Crippen molar-refractivity contribution < 1.29 is 32.3 Å². The summed E-state index contributed by atoms with van der Waals surface area (Å²) >= 11 is 0. The molecule has 2 N–H and O–H groups in total. The maximum absolute atomic E-state index is 13.4. The number of nitrogens with zero attached hydrogens (tertiary/aromatic N) is 3. The molecule has 3 heterocycles. The average Bonchev–Trinajstić information content (AvgIpc) is 3.23. The number of fused-ring (bicyclic) bond motifs is 1. The van der Waals surface area contributed by atoms with Crippen LogP contribution in [0, 0.1) is 0 Å². The third kappa shape index (κ3) is 4.70. The summed E-state index contributed by atoms with van der Waals surface area (Å²) in [6.45, 7) is 0.898. The van der Waals surface area contributed by atoms with Crippen LogP contribution in [0.3, 0.4) is 0 Å². The highest BCUT2D eigenvalue weighted by Crippen LogP contribution is 2.36. The molecule has 0 aliphatic carbocycles. The van der Waals surface area contributed by atoms with Crippen LogP contribution in [0.1, 0.15) is 42.2 Å². The molecule has 3 aromatic rings. The van der Waals surface area contributed by atoms with E-state index in [4.69, 9.17) is 10.5 Å². The van der Waals surface area contributed by atoms with Gasteiger partial charge in [-0.25, -0.2) is 4.98 Å². The third-order valence-corrected chi connectivity index (χ3v) is 6.37. The largest absolute Gasteiger partial charge is 0.452 e. The van der Waals surface area contributed by atoms with Gasteiger partial charge in [-0.1, -0.05) is 18.2 Å². The highest BCUT2D eigenvalue weighted by Gasteiger charge is 2.36. The lowest BCUT2D eigenvalue weighted by atomic mass is 10.0. The fraction of sp³-hybridized carbons (Fsp3) is 0.185. The summed E-state index contributed by atoms with van der Waals surface area (Å²) in [6.07, 6.45) is -1.70. The zero-order valence-electron chi connectivity index (χ0n) is 19.9. The summed E-state index contributed by atoms with van der Waals surface area (Å²) in [5, 5.41) is 0. The lowest BCUT2D eigenvalue weighted by Gasteiger charge is -2.36. The molecule has 11 heteroatoms. The van der Waals surface area contributed by atoms with Gasteiger partial charge in [-0.3, -0.25) is 14.4 Å². The molecule has 2 aliphatic rings. The number of ketones is 1. The van der Waals surface area contributed by atoms with Gasteiger partial charge in [0, 0.05) is 37.9 Å². The quantitative estimate of drug-likeness (QED) is 0.523. The minimum atomic E-state index is -4.52. The van der Waals surface area contributed by atoms with Crippen LogP contribution in [0.25, 0.3) is 6.08 Å². The molecule has 2 aromatic carbocycles. The van der Waals surface area contributed by atoms with E-state index >= 15 is 0 Å². The molecule has 1 fully saturated rings. The summed E-state index contributed by atoms with van der Waals surface area (Å²) in [4.78, 5) is 44.3. The first-order chi connectivity index (χ1) is 18.1. The van der Waals surface area contributed by atoms with E-state index in [-0.39, 0.29) is 66.3 Å². The fourth-order valence-electron chi connectivity index (χ4n) is 4.45. The van der Waals surface area contributed by atoms with Crippen LogP contribution in [0.5, 0.6) is 5.75 Å². The Morgan fingerprint density at radius 2 is 1.68 bits per heavy atom. The number of primary amides is 1. The summed E-state index contributed by atoms with van der Waals surface area (Å²) < 4.78 is 45.7. The number of amides is 2. The standard InChI is InChI=1S/C27H21F3N4O4/c28-27(29,30)20-5-2-10-32-25(20)33-11-13-34(14-12-33)26(37)17-8-6-16(7-9-17)15-21-22(35)18-3-1-4-19(24(31)36)23(18)38-21/h1-10,15H,11-14H2,(H2,31,36)/b21-15-. The average molecular weight is 522 g/mol. The monoisotopic (exact) mass is 522 g/mol. The van der Waals surface area contributed by atoms with E-state index in [0.717, 1.165) is 6.07 Å². The molecule has 5 rings (SSSR count). The Labute approximate surface area is 215 Å². The van der Waals surface area contributed by atoms with Gasteiger partial charge in [0.2, 0.25) is 5.78 Å². The highest BCUT2D eigenvalue weighted by atomic mass is 19.4. The van der Waals surface area contributed by atoms with E-state index in [0.29, 0.717) is 11.1 Å². The number of pyridine rings is 1. The Balaban J connectivity index is 1.25. The van der Waals surface area contributed by atoms with Gasteiger partial charge in [0.15, 0.2) is 11.5 Å². The van der Waals surface area contributed by atoms with Gasteiger partial charge in [0.05, 0.1) is 16.7 Å². The second-order valence-corrected chi connectivity index (χ2v) is 8.76. The summed E-state index contributed by atoms with van der Waals surface area (Å²) in [6, 6.07) is 13.3. The number of rotatable bonds is 4. The molecule has 0 spiro atoms. The first kappa shape index (κ1) is 25.0. The van der Waals surface area contributed by atoms with Gasteiger partial charge in [-0.05, 0) is 48.0 Å². The maximum atomic E-state index is 13.4. The minimum absolute atomic E-state index is 0.0247. The number of carbonyl (C=O) groups is 3. The normalized spacial score (nSPS) is 16.4. The summed E-state index contributed by atoms with van der Waals surface area (Å²) in [5.74, 6) is -1.35. The second kappa shape index (κ2) is 9.66. The van der Waals surface area contributed by atoms with Gasteiger partial charge < -0.3 is 20.3 Å². The molecule has 38 heavy (non-hydrogen) atoms. The van der Waals surface area contributed by atoms with Crippen LogP contribution < -0.4 is 15.4 Å². The van der Waals surface area contributed by atoms with Gasteiger partial charge in [0.25, 0.3) is 11.8 Å². The molecule has 1 aromatic heterocycles. The lowest BCUT2D eigenvalue weighted by Crippen LogP contribution is -2.49. The fourth-order valence-corrected chi connectivity index (χ4v) is 4.45. The van der Waals surface area contributed by atoms with Crippen molar-refractivity contribution in [3.05, 3.63) is 94.4 Å². The molecule has 0 atom stereocenters. The number of halogens is 3. The molecule has 194 valence electrons. The van der Waals surface area contributed by atoms with E-state index in [1.807, 2.05) is 0 Å². The van der Waals surface area contributed by atoms with Crippen molar-refractivity contribution >= 4 is 29.5 Å². The Bertz CT molecular complexity index is 1460. The molecule has 8 nitrogen and oxygen atoms in total. The molecular formula is C27H21F3N4O4. The van der Waals surface area contributed by atoms with Crippen LogP contribution in [0.4, 0.5) is 19.0 Å². The Kier molecular flexibility index (Phi) is 6.35. The SMILES string of the molecule is NC(=O)c1cccc2c1O/C(=C\c1ccc(C(=O)N3CCN(c4ncccc4C(F)(F)F)CC3)cc1)C2=O. The molecule has 0 saturated carbocycles. The number of ether oxygens (including phenoxy) is 1. The minimum Gasteiger partial charge on any atom is -0.452 e. The van der Waals surface area contributed by atoms with E-state index in [9.17, 15) is 27.6 Å². The first-order valence-electron chi connectivity index (χ1n) is 11.7. The van der Waals surface area contributed by atoms with Crippen molar-refractivity contribution in [3.63, 3.8) is 0 Å². The van der Waals surface area contributed by atoms with Crippen LogP contribution >= 0.6 is 0 Å². The van der Waals surface area contributed by atoms with Crippen molar-refractivity contribution in [2.24, 2.45) is 5.73 Å². The van der Waals surface area contributed by atoms with Crippen LogP contribution in [0.2, 0.25) is 0 Å². The number of anilines is 1. The van der Waals surface area contributed by atoms with Crippen LogP contribution in [-0.2, 0) is 6.18 Å². The van der Waals surface area contributed by atoms with Gasteiger partial charge in [0.1, 0.15) is 5.82 Å². The van der Waals surface area contributed by atoms with Crippen molar-refractivity contribution in [2.45, 2.75) is 6.18 Å². The number of carbonyl (C=O) groups excluding carboxylic acids is 3. The molecule has 1 saturated heterocycles. The van der Waals surface area contributed by atoms with E-state index in [1.165, 1.54) is 29.3 Å². The maximum Gasteiger partial charge on any atom is 0.419 e. The molecule has 2 aliphatic heterocycles. The number of piperazine rings is 1. The van der Waals surface area contributed by atoms with Crippen molar-refractivity contribution in [1.29, 1.82) is 0 Å². The third-order valence-electron chi connectivity index (χ3n) is 6.37. The number of hydrogen-bond acceptors (Lipinski definition) is 6. The van der Waals surface area contributed by atoms with Crippen molar-refractivity contribution in [3.8, 4) is 5.75 Å². The highest BCUT2D eigenvalue weighted by molar-refractivity contribution is 6.16. The molecule has 0 bridgehead atoms. The number of hydrogen-bond donors (Lipinski definition) is 1. The van der Waals surface area contributed by atoms with E-state index < -0.39 is 17.6 Å². The predicted molar refractivity (Wildman–Crippen MR) is 132 cm³/mol. The number of alkyl halides is 3. The zero-order valence-corrected chi connectivity index (χ0v) is 19.9. The zero-order chi connectivity index (χ0) is 27.0. The first-order valence-corrected chi connectivity index (χ1v) is 11.7. The topological polar surface area (TPSA) is 106 Å². The number of aromatic nitrogens is 1. The number of Topliss-reactive ketones (excluding diaryl/α,β-unsaturated/α-hetero) is 1. The molecular weight excluding hydrogens is 501 g/mol. The second-order valence-electron chi connectivity index (χ2n) is 8.76. The van der Waals surface area contributed by atoms with Crippen LogP contribution in [-0.4, -0.2) is 53.7 Å². The number of para-hydroxylation sites is 1. The smallest absolute Gasteiger partial charge is 0.419 e. The predicted octanol–water partition coefficient (Wildman–Crippen LogP) is 3.78. The van der Waals surface area contributed by atoms with Gasteiger partial charge in [-0.15, -0.1) is 0 Å². The van der Waals surface area contributed by atoms with Gasteiger partial charge in [-0.2, -0.15) is 13.2 Å². The van der Waals surface area contributed by atoms with Crippen molar-refractivity contribution in [1.82, 2.24) is 9.88 Å². The van der Waals surface area contributed by atoms with Gasteiger partial charge >= 0.3 is 6.18 Å². The van der Waals surface area contributed by atoms with Crippen LogP contribution in [0.15, 0.2) is 66.6 Å². The molecule has 0 radical (unpaired) electrons. The Morgan fingerprint density at radius 1 is 0.974 bits per heavy atom. The summed E-state index contributed by atoms with van der Waals surface area (Å²) in [5.41, 5.74) is 5.90. The number of benzene rings is 2. The molecule has 0 unspecified atom stereocenters. The number of nitrogens with two attached hydrogens (primary N) is 1. The van der Waals surface area contributed by atoms with E-state index in [1.54, 1.807) is 41.3 Å². The molecule has 2 amide bonds. The van der Waals surface area contributed by atoms with Crippen molar-refractivity contribution in [2.75, 3.05) is 31.1 Å². The van der Waals surface area contributed by atoms with E-state index in [2.05, 4.69) is 4.98 Å². The Morgan fingerprint density at radius 3 is 2.34 bits per heavy atom. The summed E-state index contributed by atoms with van der Waals surface area (Å²) in [7, 11) is 0.